The predicted molar refractivity (Wildman–Crippen MR) is 205 cm³/mol. The molecule has 0 spiro atoms. The Morgan fingerprint density at radius 3 is 1.17 bits per heavy atom. The number of aliphatic hydroxyl groups is 1. The smallest absolute Gasteiger partial charge is 0.305 e. The van der Waals surface area contributed by atoms with Crippen molar-refractivity contribution in [2.75, 3.05) is 13.2 Å². The van der Waals surface area contributed by atoms with Crippen molar-refractivity contribution in [2.24, 2.45) is 0 Å². The number of unbranched alkanes of at least 4 members (excludes halogenated alkanes) is 11. The van der Waals surface area contributed by atoms with Crippen LogP contribution >= 0.6 is 0 Å². The number of ether oxygens (including phenoxy) is 2. The van der Waals surface area contributed by atoms with Gasteiger partial charge in [-0.25, -0.2) is 0 Å². The van der Waals surface area contributed by atoms with E-state index in [-0.39, 0.29) is 25.2 Å². The van der Waals surface area contributed by atoms with Gasteiger partial charge in [-0.3, -0.25) is 9.59 Å². The lowest BCUT2D eigenvalue weighted by molar-refractivity contribution is -0.152. The van der Waals surface area contributed by atoms with Crippen LogP contribution in [0, 0.1) is 0 Å². The molecule has 0 rings (SSSR count). The maximum Gasteiger partial charge on any atom is 0.305 e. The van der Waals surface area contributed by atoms with Crippen molar-refractivity contribution >= 4 is 11.9 Å². The molecule has 0 aliphatic heterocycles. The Labute approximate surface area is 295 Å². The highest BCUT2D eigenvalue weighted by Gasteiger charge is 2.12. The molecule has 1 N–H and O–H groups in total. The monoisotopic (exact) mass is 667 g/mol. The molecule has 0 aliphatic carbocycles. The summed E-state index contributed by atoms with van der Waals surface area (Å²) < 4.78 is 10.3. The second kappa shape index (κ2) is 38.5. The molecule has 0 aromatic heterocycles. The minimum absolute atomic E-state index is 0.141. The third-order valence-electron chi connectivity index (χ3n) is 7.61. The lowest BCUT2D eigenvalue weighted by atomic mass is 10.1. The molecule has 1 atom stereocenters. The zero-order valence-corrected chi connectivity index (χ0v) is 30.7. The molecule has 48 heavy (non-hydrogen) atoms. The fourth-order valence-corrected chi connectivity index (χ4v) is 4.73. The quantitative estimate of drug-likeness (QED) is 0.0429. The molecule has 0 bridgehead atoms. The van der Waals surface area contributed by atoms with Crippen molar-refractivity contribution < 1.29 is 24.2 Å². The largest absolute Gasteiger partial charge is 0.463 e. The number of esters is 2. The van der Waals surface area contributed by atoms with E-state index in [1.54, 1.807) is 0 Å². The molecule has 0 unspecified atom stereocenters. The fraction of sp³-hybridized carbons (Fsp3) is 0.628. The van der Waals surface area contributed by atoms with E-state index in [2.05, 4.69) is 98.9 Å². The van der Waals surface area contributed by atoms with Crippen LogP contribution in [0.15, 0.2) is 85.1 Å². The molecule has 5 heteroatoms. The second-order valence-electron chi connectivity index (χ2n) is 12.3. The SMILES string of the molecule is CC/C=C\C/C=C\C/C=C\C/C=C\CCCCCCC(=O)OC[C@H](O)COC(=O)CCCCCC/C=C\C/C=C\C/C=C\CCCCC. The van der Waals surface area contributed by atoms with Crippen molar-refractivity contribution in [2.45, 2.75) is 161 Å². The molecule has 0 saturated heterocycles. The predicted octanol–water partition coefficient (Wildman–Crippen LogP) is 11.9. The molecule has 0 radical (unpaired) electrons. The van der Waals surface area contributed by atoms with E-state index in [1.165, 1.54) is 25.7 Å². The van der Waals surface area contributed by atoms with Crippen LogP contribution in [0.1, 0.15) is 155 Å². The van der Waals surface area contributed by atoms with Crippen LogP contribution in [0.5, 0.6) is 0 Å². The van der Waals surface area contributed by atoms with Gasteiger partial charge in [0.25, 0.3) is 0 Å². The van der Waals surface area contributed by atoms with Gasteiger partial charge in [0.2, 0.25) is 0 Å². The molecule has 0 aromatic carbocycles. The number of allylic oxidation sites excluding steroid dienone is 14. The lowest BCUT2D eigenvalue weighted by Crippen LogP contribution is -2.25. The van der Waals surface area contributed by atoms with Gasteiger partial charge >= 0.3 is 11.9 Å². The van der Waals surface area contributed by atoms with Crippen molar-refractivity contribution in [3.05, 3.63) is 85.1 Å². The molecule has 0 aliphatic rings. The van der Waals surface area contributed by atoms with Crippen LogP contribution in [0.25, 0.3) is 0 Å². The molecule has 272 valence electrons. The van der Waals surface area contributed by atoms with Gasteiger partial charge in [0.05, 0.1) is 0 Å². The van der Waals surface area contributed by atoms with Crippen molar-refractivity contribution in [3.63, 3.8) is 0 Å². The summed E-state index contributed by atoms with van der Waals surface area (Å²) in [7, 11) is 0. The van der Waals surface area contributed by atoms with Gasteiger partial charge in [-0.15, -0.1) is 0 Å². The normalized spacial score (nSPS) is 13.1. The van der Waals surface area contributed by atoms with E-state index in [4.69, 9.17) is 9.47 Å². The average Bonchev–Trinajstić information content (AvgIpc) is 3.09. The van der Waals surface area contributed by atoms with Crippen LogP contribution in [0.4, 0.5) is 0 Å². The highest BCUT2D eigenvalue weighted by atomic mass is 16.6. The number of hydrogen-bond donors (Lipinski definition) is 1. The Bertz CT molecular complexity index is 937. The minimum Gasteiger partial charge on any atom is -0.463 e. The zero-order chi connectivity index (χ0) is 35.0. The first-order valence-electron chi connectivity index (χ1n) is 19.1. The summed E-state index contributed by atoms with van der Waals surface area (Å²) >= 11 is 0. The summed E-state index contributed by atoms with van der Waals surface area (Å²) in [5, 5.41) is 10.0. The van der Waals surface area contributed by atoms with Gasteiger partial charge in [-0.1, -0.05) is 137 Å². The molecule has 0 fully saturated rings. The Hall–Kier alpha value is -2.92. The average molecular weight is 667 g/mol. The summed E-state index contributed by atoms with van der Waals surface area (Å²) in [5.74, 6) is -0.625. The molecule has 0 heterocycles. The summed E-state index contributed by atoms with van der Waals surface area (Å²) in [4.78, 5) is 23.9. The maximum atomic E-state index is 12.0. The Morgan fingerprint density at radius 2 is 0.792 bits per heavy atom. The molecule has 0 saturated carbocycles. The van der Waals surface area contributed by atoms with E-state index in [0.717, 1.165) is 103 Å². The third kappa shape index (κ3) is 37.5. The van der Waals surface area contributed by atoms with Crippen molar-refractivity contribution in [3.8, 4) is 0 Å². The van der Waals surface area contributed by atoms with Crippen molar-refractivity contribution in [1.82, 2.24) is 0 Å². The topological polar surface area (TPSA) is 72.8 Å². The lowest BCUT2D eigenvalue weighted by Gasteiger charge is -2.12. The number of hydrogen-bond acceptors (Lipinski definition) is 5. The first-order valence-corrected chi connectivity index (χ1v) is 19.1. The summed E-state index contributed by atoms with van der Waals surface area (Å²) in [6.45, 7) is 4.10. The Morgan fingerprint density at radius 1 is 0.458 bits per heavy atom. The summed E-state index contributed by atoms with van der Waals surface area (Å²) in [6, 6.07) is 0. The molecular weight excluding hydrogens is 596 g/mol. The van der Waals surface area contributed by atoms with Gasteiger partial charge < -0.3 is 14.6 Å². The highest BCUT2D eigenvalue weighted by Crippen LogP contribution is 2.09. The Balaban J connectivity index is 3.57. The van der Waals surface area contributed by atoms with Gasteiger partial charge in [0.15, 0.2) is 0 Å². The second-order valence-corrected chi connectivity index (χ2v) is 12.3. The standard InChI is InChI=1S/C43H70O5/c1-3-5-7-9-11-13-15-17-19-21-23-25-27-29-31-33-35-37-42(45)47-39-41(44)40-48-43(46)38-36-34-32-30-28-26-24-22-20-18-16-14-12-10-8-6-4-2/h5,7,11-14,17-20,23-26,41,44H,3-4,6,8-10,15-16,21-22,27-40H2,1-2H3/b7-5-,13-11-,14-12-,19-17-,20-18-,25-23-,26-24-/t41-/m0/s1. The van der Waals surface area contributed by atoms with E-state index in [1.807, 2.05) is 0 Å². The molecule has 5 nitrogen and oxygen atoms in total. The van der Waals surface area contributed by atoms with E-state index >= 15 is 0 Å². The number of aliphatic hydroxyl groups excluding tert-OH is 1. The fourth-order valence-electron chi connectivity index (χ4n) is 4.73. The highest BCUT2D eigenvalue weighted by molar-refractivity contribution is 5.69. The maximum absolute atomic E-state index is 12.0. The van der Waals surface area contributed by atoms with E-state index < -0.39 is 6.10 Å². The third-order valence-corrected chi connectivity index (χ3v) is 7.61. The van der Waals surface area contributed by atoms with Crippen LogP contribution in [-0.4, -0.2) is 36.4 Å². The van der Waals surface area contributed by atoms with Gasteiger partial charge in [-0.2, -0.15) is 0 Å². The van der Waals surface area contributed by atoms with Crippen LogP contribution in [0.3, 0.4) is 0 Å². The first kappa shape index (κ1) is 45.1. The minimum atomic E-state index is -0.988. The Kier molecular flexibility index (Phi) is 36.2. The first-order chi connectivity index (χ1) is 23.6. The molecule has 0 amide bonds. The molecular formula is C43H70O5. The van der Waals surface area contributed by atoms with Gasteiger partial charge in [-0.05, 0) is 89.9 Å². The summed E-state index contributed by atoms with van der Waals surface area (Å²) in [5.41, 5.74) is 0. The van der Waals surface area contributed by atoms with E-state index in [9.17, 15) is 14.7 Å². The zero-order valence-electron chi connectivity index (χ0n) is 30.7. The van der Waals surface area contributed by atoms with Crippen LogP contribution in [-0.2, 0) is 19.1 Å². The number of carbonyl (C=O) groups excluding carboxylic acids is 2. The summed E-state index contributed by atoms with van der Waals surface area (Å²) in [6.07, 6.45) is 52.0. The van der Waals surface area contributed by atoms with Crippen LogP contribution in [0.2, 0.25) is 0 Å². The van der Waals surface area contributed by atoms with Crippen LogP contribution < -0.4 is 0 Å². The van der Waals surface area contributed by atoms with Gasteiger partial charge in [0, 0.05) is 12.8 Å². The van der Waals surface area contributed by atoms with Gasteiger partial charge in [0.1, 0.15) is 19.3 Å². The van der Waals surface area contributed by atoms with E-state index in [0.29, 0.717) is 12.8 Å². The van der Waals surface area contributed by atoms with Crippen molar-refractivity contribution in [1.29, 1.82) is 0 Å². The number of carbonyl (C=O) groups is 2. The molecule has 0 aromatic rings. The number of rotatable bonds is 33.